The van der Waals surface area contributed by atoms with Crippen molar-refractivity contribution in [1.29, 1.82) is 0 Å². The summed E-state index contributed by atoms with van der Waals surface area (Å²) in [4.78, 5) is 2.65. The molecule has 0 radical (unpaired) electrons. The first-order chi connectivity index (χ1) is 6.86. The Morgan fingerprint density at radius 2 is 2.07 bits per heavy atom. The summed E-state index contributed by atoms with van der Waals surface area (Å²) in [6, 6.07) is 0.727. The first-order valence-electron chi connectivity index (χ1n) is 6.02. The van der Waals surface area contributed by atoms with Crippen molar-refractivity contribution in [2.24, 2.45) is 5.92 Å². The maximum atomic E-state index is 3.50. The van der Waals surface area contributed by atoms with Gasteiger partial charge in [-0.3, -0.25) is 4.90 Å². The number of nitrogens with one attached hydrogen (secondary N) is 2. The van der Waals surface area contributed by atoms with E-state index in [1.54, 1.807) is 0 Å². The van der Waals surface area contributed by atoms with Crippen molar-refractivity contribution < 1.29 is 0 Å². The lowest BCUT2D eigenvalue weighted by atomic mass is 9.98. The molecule has 2 aliphatic rings. The van der Waals surface area contributed by atoms with Crippen LogP contribution in [0.4, 0.5) is 0 Å². The number of piperidine rings is 1. The molecule has 3 heteroatoms. The molecule has 1 unspecified atom stereocenters. The van der Waals surface area contributed by atoms with Gasteiger partial charge in [-0.05, 0) is 38.8 Å². The van der Waals surface area contributed by atoms with Gasteiger partial charge in [-0.15, -0.1) is 0 Å². The van der Waals surface area contributed by atoms with Crippen molar-refractivity contribution >= 4 is 0 Å². The normalized spacial score (nSPS) is 35.8. The Kier molecular flexibility index (Phi) is 3.79. The van der Waals surface area contributed by atoms with Gasteiger partial charge in [-0.2, -0.15) is 0 Å². The SMILES string of the molecule is C[C@@H]1CNCCN1CC1CCCNC1. The van der Waals surface area contributed by atoms with Crippen molar-refractivity contribution in [2.45, 2.75) is 25.8 Å². The van der Waals surface area contributed by atoms with E-state index in [2.05, 4.69) is 22.5 Å². The van der Waals surface area contributed by atoms with E-state index >= 15 is 0 Å². The monoisotopic (exact) mass is 197 g/mol. The van der Waals surface area contributed by atoms with Crippen molar-refractivity contribution in [1.82, 2.24) is 15.5 Å². The van der Waals surface area contributed by atoms with E-state index < -0.39 is 0 Å². The molecule has 2 heterocycles. The zero-order valence-electron chi connectivity index (χ0n) is 9.26. The minimum absolute atomic E-state index is 0.727. The van der Waals surface area contributed by atoms with Crippen molar-refractivity contribution in [3.63, 3.8) is 0 Å². The topological polar surface area (TPSA) is 27.3 Å². The molecule has 2 aliphatic heterocycles. The van der Waals surface area contributed by atoms with Crippen LogP contribution in [0.5, 0.6) is 0 Å². The van der Waals surface area contributed by atoms with Gasteiger partial charge in [0.15, 0.2) is 0 Å². The van der Waals surface area contributed by atoms with Gasteiger partial charge in [-0.1, -0.05) is 0 Å². The van der Waals surface area contributed by atoms with Crippen LogP contribution in [0.15, 0.2) is 0 Å². The second-order valence-electron chi connectivity index (χ2n) is 4.76. The third-order valence-electron chi connectivity index (χ3n) is 3.53. The lowest BCUT2D eigenvalue weighted by molar-refractivity contribution is 0.137. The van der Waals surface area contributed by atoms with E-state index in [1.807, 2.05) is 0 Å². The average Bonchev–Trinajstić information content (AvgIpc) is 2.23. The van der Waals surface area contributed by atoms with Crippen LogP contribution in [0, 0.1) is 5.92 Å². The smallest absolute Gasteiger partial charge is 0.0193 e. The Labute approximate surface area is 87.2 Å². The quantitative estimate of drug-likeness (QED) is 0.666. The van der Waals surface area contributed by atoms with Crippen molar-refractivity contribution in [3.05, 3.63) is 0 Å². The fraction of sp³-hybridized carbons (Fsp3) is 1.00. The van der Waals surface area contributed by atoms with E-state index in [4.69, 9.17) is 0 Å². The minimum Gasteiger partial charge on any atom is -0.316 e. The highest BCUT2D eigenvalue weighted by molar-refractivity contribution is 4.80. The Hall–Kier alpha value is -0.120. The summed E-state index contributed by atoms with van der Waals surface area (Å²) in [6.07, 6.45) is 2.79. The van der Waals surface area contributed by atoms with Crippen LogP contribution in [0.25, 0.3) is 0 Å². The van der Waals surface area contributed by atoms with Gasteiger partial charge in [0.25, 0.3) is 0 Å². The molecule has 0 bridgehead atoms. The number of hydrogen-bond donors (Lipinski definition) is 2. The zero-order valence-corrected chi connectivity index (χ0v) is 9.26. The van der Waals surface area contributed by atoms with Crippen LogP contribution in [-0.2, 0) is 0 Å². The van der Waals surface area contributed by atoms with E-state index in [9.17, 15) is 0 Å². The average molecular weight is 197 g/mol. The minimum atomic E-state index is 0.727. The lowest BCUT2D eigenvalue weighted by Crippen LogP contribution is -2.52. The van der Waals surface area contributed by atoms with Crippen LogP contribution in [-0.4, -0.2) is 50.2 Å². The van der Waals surface area contributed by atoms with Crippen LogP contribution >= 0.6 is 0 Å². The number of piperazine rings is 1. The predicted molar refractivity (Wildman–Crippen MR) is 59.5 cm³/mol. The van der Waals surface area contributed by atoms with Gasteiger partial charge >= 0.3 is 0 Å². The molecule has 0 saturated carbocycles. The Bertz CT molecular complexity index is 166. The zero-order chi connectivity index (χ0) is 9.80. The standard InChI is InChI=1S/C11H23N3/c1-10-7-13-5-6-14(10)9-11-3-2-4-12-8-11/h10-13H,2-9H2,1H3/t10-,11?/m1/s1. The highest BCUT2D eigenvalue weighted by atomic mass is 15.2. The molecule has 2 saturated heterocycles. The molecule has 2 rings (SSSR count). The summed E-state index contributed by atoms with van der Waals surface area (Å²) in [5, 5.41) is 6.94. The van der Waals surface area contributed by atoms with Crippen LogP contribution in [0.1, 0.15) is 19.8 Å². The van der Waals surface area contributed by atoms with Gasteiger partial charge in [0.1, 0.15) is 0 Å². The summed E-state index contributed by atoms with van der Waals surface area (Å²) < 4.78 is 0. The third-order valence-corrected chi connectivity index (χ3v) is 3.53. The molecular formula is C11H23N3. The summed E-state index contributed by atoms with van der Waals surface area (Å²) in [5.74, 6) is 0.893. The molecule has 2 N–H and O–H groups in total. The Morgan fingerprint density at radius 1 is 1.21 bits per heavy atom. The third kappa shape index (κ3) is 2.69. The first kappa shape index (κ1) is 10.4. The van der Waals surface area contributed by atoms with Crippen molar-refractivity contribution in [2.75, 3.05) is 39.3 Å². The summed E-state index contributed by atoms with van der Waals surface area (Å²) >= 11 is 0. The van der Waals surface area contributed by atoms with Crippen LogP contribution < -0.4 is 10.6 Å². The summed E-state index contributed by atoms with van der Waals surface area (Å²) in [5.41, 5.74) is 0. The molecule has 2 fully saturated rings. The summed E-state index contributed by atoms with van der Waals surface area (Å²) in [6.45, 7) is 9.67. The molecule has 14 heavy (non-hydrogen) atoms. The van der Waals surface area contributed by atoms with Gasteiger partial charge in [0.2, 0.25) is 0 Å². The largest absolute Gasteiger partial charge is 0.316 e. The maximum Gasteiger partial charge on any atom is 0.0193 e. The molecule has 0 aromatic heterocycles. The van der Waals surface area contributed by atoms with E-state index in [0.717, 1.165) is 12.0 Å². The van der Waals surface area contributed by atoms with E-state index in [0.29, 0.717) is 0 Å². The van der Waals surface area contributed by atoms with Gasteiger partial charge in [0, 0.05) is 32.2 Å². The Balaban J connectivity index is 1.76. The molecule has 0 aromatic rings. The van der Waals surface area contributed by atoms with E-state index in [-0.39, 0.29) is 0 Å². The molecular weight excluding hydrogens is 174 g/mol. The van der Waals surface area contributed by atoms with Crippen LogP contribution in [0.3, 0.4) is 0 Å². The van der Waals surface area contributed by atoms with Crippen molar-refractivity contribution in [3.8, 4) is 0 Å². The molecule has 3 nitrogen and oxygen atoms in total. The fourth-order valence-corrected chi connectivity index (χ4v) is 2.57. The molecule has 0 amide bonds. The maximum absolute atomic E-state index is 3.50. The van der Waals surface area contributed by atoms with E-state index in [1.165, 1.54) is 52.1 Å². The number of nitrogens with zero attached hydrogens (tertiary/aromatic N) is 1. The van der Waals surface area contributed by atoms with Gasteiger partial charge < -0.3 is 10.6 Å². The highest BCUT2D eigenvalue weighted by Gasteiger charge is 2.22. The second-order valence-corrected chi connectivity index (χ2v) is 4.76. The fourth-order valence-electron chi connectivity index (χ4n) is 2.57. The first-order valence-corrected chi connectivity index (χ1v) is 6.02. The second kappa shape index (κ2) is 5.10. The number of hydrogen-bond acceptors (Lipinski definition) is 3. The molecule has 82 valence electrons. The van der Waals surface area contributed by atoms with Crippen LogP contribution in [0.2, 0.25) is 0 Å². The summed E-state index contributed by atoms with van der Waals surface area (Å²) in [7, 11) is 0. The molecule has 0 spiro atoms. The lowest BCUT2D eigenvalue weighted by Gasteiger charge is -2.37. The van der Waals surface area contributed by atoms with Gasteiger partial charge in [-0.25, -0.2) is 0 Å². The van der Waals surface area contributed by atoms with Gasteiger partial charge in [0.05, 0.1) is 0 Å². The highest BCUT2D eigenvalue weighted by Crippen LogP contribution is 2.14. The number of rotatable bonds is 2. The molecule has 2 atom stereocenters. The molecule has 0 aliphatic carbocycles. The Morgan fingerprint density at radius 3 is 2.79 bits per heavy atom. The predicted octanol–water partition coefficient (Wildman–Crippen LogP) is 0.280. The molecule has 0 aromatic carbocycles.